The normalized spacial score (nSPS) is 18.9. The Labute approximate surface area is 118 Å². The van der Waals surface area contributed by atoms with Crippen molar-refractivity contribution in [3.63, 3.8) is 0 Å². The summed E-state index contributed by atoms with van der Waals surface area (Å²) in [7, 11) is 3.23. The van der Waals surface area contributed by atoms with E-state index in [1.54, 1.807) is 14.2 Å². The van der Waals surface area contributed by atoms with Gasteiger partial charge in [-0.1, -0.05) is 0 Å². The largest absolute Gasteiger partial charge is 0.497 e. The molecule has 1 N–H and O–H groups in total. The van der Waals surface area contributed by atoms with E-state index in [4.69, 9.17) is 14.6 Å². The van der Waals surface area contributed by atoms with Crippen LogP contribution in [0.4, 0.5) is 10.5 Å². The van der Waals surface area contributed by atoms with Crippen molar-refractivity contribution in [2.45, 2.75) is 13.0 Å². The summed E-state index contributed by atoms with van der Waals surface area (Å²) in [6.07, 6.45) is -0.862. The molecule has 2 rings (SSSR count). The van der Waals surface area contributed by atoms with Gasteiger partial charge >= 0.3 is 6.09 Å². The van der Waals surface area contributed by atoms with Crippen LogP contribution < -0.4 is 14.4 Å². The van der Waals surface area contributed by atoms with Gasteiger partial charge in [0.2, 0.25) is 0 Å². The Kier molecular flexibility index (Phi) is 4.22. The zero-order chi connectivity index (χ0) is 14.7. The van der Waals surface area contributed by atoms with E-state index in [2.05, 4.69) is 4.90 Å². The lowest BCUT2D eigenvalue weighted by Crippen LogP contribution is -2.53. The van der Waals surface area contributed by atoms with Gasteiger partial charge in [0, 0.05) is 31.7 Å². The van der Waals surface area contributed by atoms with Crippen LogP contribution in [0.5, 0.6) is 11.5 Å². The molecule has 0 bridgehead atoms. The van der Waals surface area contributed by atoms with Gasteiger partial charge in [0.05, 0.1) is 19.9 Å². The van der Waals surface area contributed by atoms with E-state index >= 15 is 0 Å². The number of amides is 1. The molecule has 6 nitrogen and oxygen atoms in total. The number of hydrogen-bond donors (Lipinski definition) is 1. The summed E-state index contributed by atoms with van der Waals surface area (Å²) in [6.45, 7) is 3.70. The fourth-order valence-electron chi connectivity index (χ4n) is 2.51. The van der Waals surface area contributed by atoms with Crippen LogP contribution in [-0.2, 0) is 0 Å². The van der Waals surface area contributed by atoms with Crippen LogP contribution in [0.15, 0.2) is 18.2 Å². The van der Waals surface area contributed by atoms with Crippen molar-refractivity contribution >= 4 is 11.8 Å². The minimum Gasteiger partial charge on any atom is -0.497 e. The number of piperazine rings is 1. The molecule has 1 aliphatic heterocycles. The van der Waals surface area contributed by atoms with Gasteiger partial charge in [0.25, 0.3) is 0 Å². The predicted octanol–water partition coefficient (Wildman–Crippen LogP) is 1.89. The molecule has 1 aliphatic rings. The second-order valence-electron chi connectivity index (χ2n) is 4.81. The van der Waals surface area contributed by atoms with Gasteiger partial charge in [-0.2, -0.15) is 0 Å². The number of nitrogens with zero attached hydrogens (tertiary/aromatic N) is 2. The summed E-state index contributed by atoms with van der Waals surface area (Å²) < 4.78 is 10.6. The van der Waals surface area contributed by atoms with Crippen LogP contribution in [0.25, 0.3) is 0 Å². The quantitative estimate of drug-likeness (QED) is 0.916. The van der Waals surface area contributed by atoms with Crippen LogP contribution in [0.1, 0.15) is 6.92 Å². The fraction of sp³-hybridized carbons (Fsp3) is 0.500. The summed E-state index contributed by atoms with van der Waals surface area (Å²) in [6, 6.07) is 5.62. The van der Waals surface area contributed by atoms with E-state index in [1.807, 2.05) is 25.1 Å². The lowest BCUT2D eigenvalue weighted by atomic mass is 10.1. The highest BCUT2D eigenvalue weighted by atomic mass is 16.5. The van der Waals surface area contributed by atoms with E-state index in [9.17, 15) is 4.79 Å². The van der Waals surface area contributed by atoms with Crippen molar-refractivity contribution in [1.29, 1.82) is 0 Å². The molecule has 1 saturated heterocycles. The Morgan fingerprint density at radius 2 is 2.05 bits per heavy atom. The number of methoxy groups -OCH3 is 2. The van der Waals surface area contributed by atoms with E-state index in [0.29, 0.717) is 19.6 Å². The summed E-state index contributed by atoms with van der Waals surface area (Å²) in [5.41, 5.74) is 0.963. The predicted molar refractivity (Wildman–Crippen MR) is 76.0 cm³/mol. The summed E-state index contributed by atoms with van der Waals surface area (Å²) in [5, 5.41) is 9.10. The molecular weight excluding hydrogens is 260 g/mol. The number of carbonyl (C=O) groups is 1. The Morgan fingerprint density at radius 3 is 2.60 bits per heavy atom. The second kappa shape index (κ2) is 5.90. The fourth-order valence-corrected chi connectivity index (χ4v) is 2.51. The first kappa shape index (κ1) is 14.3. The smallest absolute Gasteiger partial charge is 0.407 e. The lowest BCUT2D eigenvalue weighted by molar-refractivity contribution is 0.122. The molecule has 0 aliphatic carbocycles. The molecule has 20 heavy (non-hydrogen) atoms. The second-order valence-corrected chi connectivity index (χ2v) is 4.81. The van der Waals surface area contributed by atoms with Gasteiger partial charge in [-0.25, -0.2) is 4.79 Å². The Morgan fingerprint density at radius 1 is 1.30 bits per heavy atom. The number of carboxylic acid groups (broad SMARTS) is 1. The van der Waals surface area contributed by atoms with Crippen LogP contribution in [-0.4, -0.2) is 56.0 Å². The third kappa shape index (κ3) is 2.74. The maximum atomic E-state index is 11.1. The highest BCUT2D eigenvalue weighted by Gasteiger charge is 2.28. The third-order valence-electron chi connectivity index (χ3n) is 3.60. The topological polar surface area (TPSA) is 62.2 Å². The molecule has 1 heterocycles. The van der Waals surface area contributed by atoms with E-state index in [1.165, 1.54) is 4.90 Å². The highest BCUT2D eigenvalue weighted by molar-refractivity contribution is 5.67. The number of ether oxygens (including phenoxy) is 2. The first-order chi connectivity index (χ1) is 9.56. The Hall–Kier alpha value is -2.11. The van der Waals surface area contributed by atoms with E-state index in [-0.39, 0.29) is 6.04 Å². The zero-order valence-electron chi connectivity index (χ0n) is 12.0. The number of hydrogen-bond acceptors (Lipinski definition) is 4. The van der Waals surface area contributed by atoms with Crippen molar-refractivity contribution < 1.29 is 19.4 Å². The van der Waals surface area contributed by atoms with Gasteiger partial charge in [0.15, 0.2) is 0 Å². The van der Waals surface area contributed by atoms with Crippen molar-refractivity contribution in [2.24, 2.45) is 0 Å². The van der Waals surface area contributed by atoms with Crippen LogP contribution >= 0.6 is 0 Å². The molecule has 1 atom stereocenters. The van der Waals surface area contributed by atoms with Gasteiger partial charge < -0.3 is 24.4 Å². The average molecular weight is 280 g/mol. The molecule has 0 spiro atoms. The molecule has 0 radical (unpaired) electrons. The minimum atomic E-state index is -0.862. The summed E-state index contributed by atoms with van der Waals surface area (Å²) in [4.78, 5) is 14.7. The zero-order valence-corrected chi connectivity index (χ0v) is 12.0. The molecule has 0 aromatic heterocycles. The molecular formula is C14H20N2O4. The van der Waals surface area contributed by atoms with Crippen LogP contribution in [0.2, 0.25) is 0 Å². The van der Waals surface area contributed by atoms with E-state index < -0.39 is 6.09 Å². The SMILES string of the molecule is COc1ccc(N2CCN(C(=O)O)C(C)C2)c(OC)c1. The number of rotatable bonds is 3. The standard InChI is InChI=1S/C14H20N2O4/c1-10-9-15(6-7-16(10)14(17)18)12-5-4-11(19-2)8-13(12)20-3/h4-5,8,10H,6-7,9H2,1-3H3,(H,17,18). The van der Waals surface area contributed by atoms with E-state index in [0.717, 1.165) is 17.2 Å². The van der Waals surface area contributed by atoms with Gasteiger partial charge in [-0.05, 0) is 19.1 Å². The summed E-state index contributed by atoms with van der Waals surface area (Å²) >= 11 is 0. The first-order valence-corrected chi connectivity index (χ1v) is 6.53. The Bertz CT molecular complexity index is 492. The first-order valence-electron chi connectivity index (χ1n) is 6.53. The monoisotopic (exact) mass is 280 g/mol. The van der Waals surface area contributed by atoms with Gasteiger partial charge in [-0.3, -0.25) is 0 Å². The maximum Gasteiger partial charge on any atom is 0.407 e. The third-order valence-corrected chi connectivity index (χ3v) is 3.60. The van der Waals surface area contributed by atoms with Crippen molar-refractivity contribution in [3.05, 3.63) is 18.2 Å². The molecule has 6 heteroatoms. The average Bonchev–Trinajstić information content (AvgIpc) is 2.46. The van der Waals surface area contributed by atoms with Gasteiger partial charge in [0.1, 0.15) is 11.5 Å². The molecule has 1 amide bonds. The molecule has 0 saturated carbocycles. The van der Waals surface area contributed by atoms with Crippen molar-refractivity contribution in [2.75, 3.05) is 38.8 Å². The van der Waals surface area contributed by atoms with Gasteiger partial charge in [-0.15, -0.1) is 0 Å². The minimum absolute atomic E-state index is 0.0481. The number of anilines is 1. The molecule has 1 fully saturated rings. The van der Waals surface area contributed by atoms with Crippen LogP contribution in [0, 0.1) is 0 Å². The summed E-state index contributed by atoms with van der Waals surface area (Å²) in [5.74, 6) is 1.48. The maximum absolute atomic E-state index is 11.1. The molecule has 110 valence electrons. The highest BCUT2D eigenvalue weighted by Crippen LogP contribution is 2.33. The van der Waals surface area contributed by atoms with Crippen molar-refractivity contribution in [1.82, 2.24) is 4.90 Å². The van der Waals surface area contributed by atoms with Crippen molar-refractivity contribution in [3.8, 4) is 11.5 Å². The molecule has 1 aromatic carbocycles. The van der Waals surface area contributed by atoms with Crippen LogP contribution in [0.3, 0.4) is 0 Å². The molecule has 1 aromatic rings. The lowest BCUT2D eigenvalue weighted by Gasteiger charge is -2.39. The molecule has 1 unspecified atom stereocenters. The Balaban J connectivity index is 2.19. The number of benzene rings is 1.